The molecule has 1 amide bonds. The van der Waals surface area contributed by atoms with Crippen molar-refractivity contribution < 1.29 is 4.79 Å². The van der Waals surface area contributed by atoms with E-state index < -0.39 is 0 Å². The highest BCUT2D eigenvalue weighted by Crippen LogP contribution is 2.33. The minimum atomic E-state index is -0.278. The molecule has 0 spiro atoms. The Labute approximate surface area is 139 Å². The molecule has 6 nitrogen and oxygen atoms in total. The van der Waals surface area contributed by atoms with Crippen molar-refractivity contribution in [1.82, 2.24) is 19.7 Å². The number of carbonyl (C=O) groups excluding carboxylic acids is 1. The molecule has 3 heterocycles. The Bertz CT molecular complexity index is 874. The number of pyridine rings is 1. The van der Waals surface area contributed by atoms with Gasteiger partial charge in [-0.3, -0.25) is 14.5 Å². The lowest BCUT2D eigenvalue weighted by molar-refractivity contribution is 0.0659. The average Bonchev–Trinajstić information content (AvgIpc) is 3.04. The van der Waals surface area contributed by atoms with Gasteiger partial charge in [-0.2, -0.15) is 5.10 Å². The molecule has 1 atom stereocenters. The van der Waals surface area contributed by atoms with Crippen LogP contribution in [0.15, 0.2) is 61.1 Å². The van der Waals surface area contributed by atoms with Crippen LogP contribution in [0, 0.1) is 0 Å². The highest BCUT2D eigenvalue weighted by molar-refractivity contribution is 6.01. The van der Waals surface area contributed by atoms with Gasteiger partial charge in [-0.15, -0.1) is 0 Å². The number of para-hydroxylation sites is 1. The zero-order valence-corrected chi connectivity index (χ0v) is 13.3. The zero-order valence-electron chi connectivity index (χ0n) is 13.3. The van der Waals surface area contributed by atoms with Gasteiger partial charge in [0.05, 0.1) is 11.3 Å². The average molecular weight is 319 g/mol. The van der Waals surface area contributed by atoms with Gasteiger partial charge in [0.25, 0.3) is 5.91 Å². The third-order valence-corrected chi connectivity index (χ3v) is 4.24. The number of nitrogens with one attached hydrogen (secondary N) is 1. The third-order valence-electron chi connectivity index (χ3n) is 4.24. The summed E-state index contributed by atoms with van der Waals surface area (Å²) >= 11 is 0. The Hall–Kier alpha value is -3.15. The summed E-state index contributed by atoms with van der Waals surface area (Å²) in [4.78, 5) is 19.0. The molecule has 0 unspecified atom stereocenters. The fraction of sp³-hybridized carbons (Fsp3) is 0.167. The van der Waals surface area contributed by atoms with E-state index in [9.17, 15) is 4.79 Å². The lowest BCUT2D eigenvalue weighted by Crippen LogP contribution is -2.43. The maximum Gasteiger partial charge on any atom is 0.258 e. The molecule has 1 aliphatic rings. The lowest BCUT2D eigenvalue weighted by Gasteiger charge is -2.37. The van der Waals surface area contributed by atoms with Crippen LogP contribution in [0.2, 0.25) is 0 Å². The van der Waals surface area contributed by atoms with Gasteiger partial charge in [-0.1, -0.05) is 18.2 Å². The molecule has 0 saturated heterocycles. The van der Waals surface area contributed by atoms with Crippen molar-refractivity contribution >= 4 is 11.6 Å². The van der Waals surface area contributed by atoms with Gasteiger partial charge in [0.1, 0.15) is 6.17 Å². The Morgan fingerprint density at radius 1 is 1.12 bits per heavy atom. The molecule has 0 radical (unpaired) electrons. The van der Waals surface area contributed by atoms with Crippen molar-refractivity contribution in [2.45, 2.75) is 12.7 Å². The molecular weight excluding hydrogens is 302 g/mol. The lowest BCUT2D eigenvalue weighted by atomic mass is 10.1. The van der Waals surface area contributed by atoms with Crippen LogP contribution in [0.3, 0.4) is 0 Å². The summed E-state index contributed by atoms with van der Waals surface area (Å²) in [6.45, 7) is 0.476. The van der Waals surface area contributed by atoms with Crippen LogP contribution in [0.25, 0.3) is 0 Å². The van der Waals surface area contributed by atoms with Gasteiger partial charge in [0.15, 0.2) is 0 Å². The van der Waals surface area contributed by atoms with Crippen LogP contribution in [-0.2, 0) is 13.6 Å². The fourth-order valence-corrected chi connectivity index (χ4v) is 3.03. The molecule has 0 saturated carbocycles. The van der Waals surface area contributed by atoms with E-state index >= 15 is 0 Å². The second kappa shape index (κ2) is 5.81. The van der Waals surface area contributed by atoms with Crippen molar-refractivity contribution in [2.24, 2.45) is 7.05 Å². The van der Waals surface area contributed by atoms with Crippen LogP contribution in [0.4, 0.5) is 5.69 Å². The van der Waals surface area contributed by atoms with Gasteiger partial charge in [-0.25, -0.2) is 0 Å². The van der Waals surface area contributed by atoms with Gasteiger partial charge >= 0.3 is 0 Å². The number of anilines is 1. The van der Waals surface area contributed by atoms with E-state index in [2.05, 4.69) is 15.4 Å². The summed E-state index contributed by atoms with van der Waals surface area (Å²) in [6, 6.07) is 13.4. The molecule has 1 aliphatic heterocycles. The topological polar surface area (TPSA) is 63.1 Å². The van der Waals surface area contributed by atoms with E-state index in [0.29, 0.717) is 12.1 Å². The molecule has 6 heteroatoms. The number of hydrogen-bond donors (Lipinski definition) is 1. The predicted molar refractivity (Wildman–Crippen MR) is 90.1 cm³/mol. The largest absolute Gasteiger partial charge is 0.359 e. The number of benzene rings is 1. The maximum atomic E-state index is 13.1. The molecule has 3 aromatic rings. The second-order valence-electron chi connectivity index (χ2n) is 5.77. The Kier molecular flexibility index (Phi) is 3.49. The quantitative estimate of drug-likeness (QED) is 0.806. The number of amides is 1. The second-order valence-corrected chi connectivity index (χ2v) is 5.77. The molecular formula is C18H17N5O. The maximum absolute atomic E-state index is 13.1. The summed E-state index contributed by atoms with van der Waals surface area (Å²) in [5, 5.41) is 7.71. The summed E-state index contributed by atoms with van der Waals surface area (Å²) in [7, 11) is 1.88. The van der Waals surface area contributed by atoms with Crippen LogP contribution >= 0.6 is 0 Å². The number of nitrogens with zero attached hydrogens (tertiary/aromatic N) is 4. The van der Waals surface area contributed by atoms with E-state index in [0.717, 1.165) is 16.9 Å². The molecule has 4 rings (SSSR count). The van der Waals surface area contributed by atoms with Crippen molar-refractivity contribution in [3.05, 3.63) is 77.9 Å². The van der Waals surface area contributed by atoms with Crippen LogP contribution in [0.5, 0.6) is 0 Å². The van der Waals surface area contributed by atoms with E-state index in [1.54, 1.807) is 23.3 Å². The normalized spacial score (nSPS) is 16.6. The van der Waals surface area contributed by atoms with Crippen LogP contribution in [0.1, 0.15) is 27.8 Å². The van der Waals surface area contributed by atoms with E-state index in [4.69, 9.17) is 0 Å². The van der Waals surface area contributed by atoms with Crippen molar-refractivity contribution in [3.63, 3.8) is 0 Å². The van der Waals surface area contributed by atoms with Crippen molar-refractivity contribution in [2.75, 3.05) is 5.32 Å². The number of aryl methyl sites for hydroxylation is 1. The number of aromatic nitrogens is 3. The summed E-state index contributed by atoms with van der Waals surface area (Å²) in [5.41, 5.74) is 3.44. The van der Waals surface area contributed by atoms with Gasteiger partial charge < -0.3 is 10.2 Å². The minimum Gasteiger partial charge on any atom is -0.359 e. The van der Waals surface area contributed by atoms with Crippen molar-refractivity contribution in [3.8, 4) is 0 Å². The number of fused-ring (bicyclic) bond motifs is 1. The summed E-state index contributed by atoms with van der Waals surface area (Å²) < 4.78 is 1.79. The number of carbonyl (C=O) groups is 1. The molecule has 1 aromatic carbocycles. The van der Waals surface area contributed by atoms with Gasteiger partial charge in [-0.05, 0) is 29.8 Å². The van der Waals surface area contributed by atoms with Gasteiger partial charge in [0, 0.05) is 37.9 Å². The first-order valence-electron chi connectivity index (χ1n) is 7.77. The minimum absolute atomic E-state index is 0.000553. The fourth-order valence-electron chi connectivity index (χ4n) is 3.03. The molecule has 0 bridgehead atoms. The Balaban J connectivity index is 1.77. The molecule has 2 aromatic heterocycles. The Morgan fingerprint density at radius 3 is 2.75 bits per heavy atom. The van der Waals surface area contributed by atoms with Crippen LogP contribution in [-0.4, -0.2) is 25.6 Å². The standard InChI is InChI=1S/C18H17N5O/c1-22-16(8-10-20-22)17-21-15-7-3-2-6-14(15)18(24)23(17)12-13-5-4-9-19-11-13/h2-11,17,21H,12H2,1H3/t17-/m1/s1. The van der Waals surface area contributed by atoms with E-state index in [1.807, 2.05) is 54.4 Å². The highest BCUT2D eigenvalue weighted by Gasteiger charge is 2.34. The molecule has 24 heavy (non-hydrogen) atoms. The van der Waals surface area contributed by atoms with Crippen LogP contribution < -0.4 is 5.32 Å². The highest BCUT2D eigenvalue weighted by atomic mass is 16.2. The van der Waals surface area contributed by atoms with E-state index in [-0.39, 0.29) is 12.1 Å². The van der Waals surface area contributed by atoms with Gasteiger partial charge in [0.2, 0.25) is 0 Å². The number of rotatable bonds is 3. The third kappa shape index (κ3) is 2.42. The summed E-state index contributed by atoms with van der Waals surface area (Å²) in [6.07, 6.45) is 4.98. The monoisotopic (exact) mass is 319 g/mol. The first-order chi connectivity index (χ1) is 11.7. The first kappa shape index (κ1) is 14.4. The summed E-state index contributed by atoms with van der Waals surface area (Å²) in [5.74, 6) is -0.000553. The zero-order chi connectivity index (χ0) is 16.5. The molecule has 120 valence electrons. The van der Waals surface area contributed by atoms with E-state index in [1.165, 1.54) is 0 Å². The smallest absolute Gasteiger partial charge is 0.258 e. The SMILES string of the molecule is Cn1nccc1[C@@H]1Nc2ccccc2C(=O)N1Cc1cccnc1. The molecule has 0 fully saturated rings. The Morgan fingerprint density at radius 2 is 2.00 bits per heavy atom. The van der Waals surface area contributed by atoms with Crippen molar-refractivity contribution in [1.29, 1.82) is 0 Å². The molecule has 1 N–H and O–H groups in total. The first-order valence-corrected chi connectivity index (χ1v) is 7.77. The predicted octanol–water partition coefficient (Wildman–Crippen LogP) is 2.58. The molecule has 0 aliphatic carbocycles. The number of hydrogen-bond acceptors (Lipinski definition) is 4.